The van der Waals surface area contributed by atoms with Crippen molar-refractivity contribution in [2.24, 2.45) is 7.05 Å². The number of hydrogen-bond donors (Lipinski definition) is 1. The summed E-state index contributed by atoms with van der Waals surface area (Å²) >= 11 is 12.6. The number of amides is 2. The van der Waals surface area contributed by atoms with E-state index >= 15 is 0 Å². The Morgan fingerprint density at radius 3 is 2.49 bits per heavy atom. The summed E-state index contributed by atoms with van der Waals surface area (Å²) < 4.78 is 8.74. The van der Waals surface area contributed by atoms with Crippen molar-refractivity contribution in [3.8, 4) is 17.1 Å². The number of anilines is 2. The van der Waals surface area contributed by atoms with Crippen LogP contribution in [0.15, 0.2) is 59.5 Å². The van der Waals surface area contributed by atoms with Gasteiger partial charge in [-0.25, -0.2) is 4.98 Å². The van der Waals surface area contributed by atoms with Crippen molar-refractivity contribution < 1.29 is 14.3 Å². The maximum absolute atomic E-state index is 14.4. The maximum atomic E-state index is 14.4. The lowest BCUT2D eigenvalue weighted by Gasteiger charge is -2.35. The average Bonchev–Trinajstić information content (AvgIpc) is 3.50. The Morgan fingerprint density at radius 2 is 1.77 bits per heavy atom. The van der Waals surface area contributed by atoms with Crippen molar-refractivity contribution in [3.05, 3.63) is 92.1 Å². The molecule has 9 nitrogen and oxygen atoms in total. The number of fused-ring (bicyclic) bond motifs is 4. The van der Waals surface area contributed by atoms with E-state index in [0.29, 0.717) is 39.1 Å². The van der Waals surface area contributed by atoms with Crippen molar-refractivity contribution >= 4 is 46.4 Å². The molecule has 1 N–H and O–H groups in total. The number of carbonyl (C=O) groups is 2. The molecular weight excluding hydrogens is 541 g/mol. The fourth-order valence-electron chi connectivity index (χ4n) is 5.65. The van der Waals surface area contributed by atoms with Gasteiger partial charge in [0.15, 0.2) is 11.2 Å². The first kappa shape index (κ1) is 25.2. The minimum absolute atomic E-state index is 0.0416. The van der Waals surface area contributed by atoms with Crippen LogP contribution in [0.1, 0.15) is 41.6 Å². The third-order valence-corrected chi connectivity index (χ3v) is 7.62. The molecule has 4 aromatic rings. The summed E-state index contributed by atoms with van der Waals surface area (Å²) in [5, 5.41) is 3.54. The van der Waals surface area contributed by atoms with Crippen molar-refractivity contribution in [2.45, 2.75) is 25.4 Å². The Bertz CT molecular complexity index is 1780. The number of benzene rings is 2. The van der Waals surface area contributed by atoms with Gasteiger partial charge in [0.1, 0.15) is 17.3 Å². The van der Waals surface area contributed by atoms with Crippen LogP contribution in [0.5, 0.6) is 5.75 Å². The normalized spacial score (nSPS) is 17.7. The van der Waals surface area contributed by atoms with Gasteiger partial charge in [-0.15, -0.1) is 0 Å². The van der Waals surface area contributed by atoms with Crippen molar-refractivity contribution in [2.75, 3.05) is 17.3 Å². The molecule has 0 fully saturated rings. The number of pyridine rings is 1. The van der Waals surface area contributed by atoms with Gasteiger partial charge in [-0.2, -0.15) is 0 Å². The molecule has 1 spiro atoms. The highest BCUT2D eigenvalue weighted by molar-refractivity contribution is 6.32. The molecule has 4 heterocycles. The lowest BCUT2D eigenvalue weighted by molar-refractivity contribution is -0.119. The summed E-state index contributed by atoms with van der Waals surface area (Å²) in [5.41, 5.74) is -0.305. The average molecular weight is 564 g/mol. The van der Waals surface area contributed by atoms with E-state index < -0.39 is 22.9 Å². The minimum Gasteiger partial charge on any atom is -0.496 e. The fourth-order valence-corrected chi connectivity index (χ4v) is 6.07. The summed E-state index contributed by atoms with van der Waals surface area (Å²) in [6, 6.07) is 13.5. The molecule has 2 aromatic carbocycles. The third kappa shape index (κ3) is 3.33. The molecular formula is C28H23Cl2N5O4. The Balaban J connectivity index is 1.76. The Labute approximate surface area is 233 Å². The van der Waals surface area contributed by atoms with Crippen molar-refractivity contribution in [1.29, 1.82) is 0 Å². The van der Waals surface area contributed by atoms with E-state index in [9.17, 15) is 14.4 Å². The SMILES string of the molecule is COc1ccccc1-c1nc2c(n1C(C)C)C1(C(=O)Nc3cc(Cl)ccc31)N(c1cc(Cl)cn(C)c1=O)C2=O. The first-order valence-corrected chi connectivity index (χ1v) is 12.9. The van der Waals surface area contributed by atoms with Crippen molar-refractivity contribution in [3.63, 3.8) is 0 Å². The van der Waals surface area contributed by atoms with E-state index in [1.807, 2.05) is 36.6 Å². The van der Waals surface area contributed by atoms with E-state index in [4.69, 9.17) is 32.9 Å². The summed E-state index contributed by atoms with van der Waals surface area (Å²) in [6.07, 6.45) is 1.45. The maximum Gasteiger partial charge on any atom is 0.280 e. The summed E-state index contributed by atoms with van der Waals surface area (Å²) in [7, 11) is 3.09. The summed E-state index contributed by atoms with van der Waals surface area (Å²) in [6.45, 7) is 3.88. The molecule has 0 radical (unpaired) electrons. The van der Waals surface area contributed by atoms with Crippen LogP contribution in [-0.4, -0.2) is 33.0 Å². The molecule has 2 aromatic heterocycles. The van der Waals surface area contributed by atoms with Gasteiger partial charge in [-0.1, -0.05) is 41.4 Å². The van der Waals surface area contributed by atoms with Crippen molar-refractivity contribution in [1.82, 2.24) is 14.1 Å². The Hall–Kier alpha value is -4.08. The van der Waals surface area contributed by atoms with Crippen LogP contribution >= 0.6 is 23.2 Å². The molecule has 2 amide bonds. The standard InChI is InChI=1S/C28H23Cl2N5O4/c1-14(2)34-23-22(32-24(34)17-7-5-6-8-21(17)39-4)26(37)35(20-12-16(30)13-33(3)25(20)36)28(23)18-10-9-15(29)11-19(18)31-27(28)38/h5-14H,1-4H3,(H,31,38). The number of ether oxygens (including phenoxy) is 1. The molecule has 0 bridgehead atoms. The Morgan fingerprint density at radius 1 is 1.03 bits per heavy atom. The number of aryl methyl sites for hydroxylation is 1. The number of imidazole rings is 1. The zero-order valence-electron chi connectivity index (χ0n) is 21.5. The van der Waals surface area contributed by atoms with E-state index in [-0.39, 0.29) is 22.4 Å². The van der Waals surface area contributed by atoms with Gasteiger partial charge >= 0.3 is 0 Å². The smallest absolute Gasteiger partial charge is 0.280 e. The van der Waals surface area contributed by atoms with Gasteiger partial charge in [-0.3, -0.25) is 19.3 Å². The molecule has 6 rings (SSSR count). The molecule has 0 aliphatic carbocycles. The highest BCUT2D eigenvalue weighted by Gasteiger charge is 2.64. The molecule has 0 saturated heterocycles. The molecule has 1 atom stereocenters. The predicted octanol–water partition coefficient (Wildman–Crippen LogP) is 5.00. The summed E-state index contributed by atoms with van der Waals surface area (Å²) in [5.74, 6) is -0.0811. The third-order valence-electron chi connectivity index (χ3n) is 7.18. The number of nitrogens with zero attached hydrogens (tertiary/aromatic N) is 4. The molecule has 39 heavy (non-hydrogen) atoms. The number of aromatic nitrogens is 3. The summed E-state index contributed by atoms with van der Waals surface area (Å²) in [4.78, 5) is 48.1. The number of nitrogens with one attached hydrogen (secondary N) is 1. The van der Waals surface area contributed by atoms with Gasteiger partial charge in [0, 0.05) is 35.6 Å². The number of halogens is 2. The molecule has 2 aliphatic heterocycles. The molecule has 0 saturated carbocycles. The van der Waals surface area contributed by atoms with E-state index in [0.717, 1.165) is 0 Å². The number of methoxy groups -OCH3 is 1. The van der Waals surface area contributed by atoms with E-state index in [1.165, 1.54) is 28.8 Å². The molecule has 11 heteroatoms. The van der Waals surface area contributed by atoms with Crippen LogP contribution < -0.4 is 20.5 Å². The predicted molar refractivity (Wildman–Crippen MR) is 149 cm³/mol. The van der Waals surface area contributed by atoms with Crippen LogP contribution in [0.3, 0.4) is 0 Å². The zero-order chi connectivity index (χ0) is 27.8. The second-order valence-corrected chi connectivity index (χ2v) is 10.6. The second kappa shape index (κ2) is 8.72. The van der Waals surface area contributed by atoms with Gasteiger partial charge in [0.2, 0.25) is 0 Å². The number of para-hydroxylation sites is 1. The highest BCUT2D eigenvalue weighted by Crippen LogP contribution is 2.54. The lowest BCUT2D eigenvalue weighted by Crippen LogP contribution is -2.53. The minimum atomic E-state index is -1.75. The van der Waals surface area contributed by atoms with E-state index in [1.54, 1.807) is 31.4 Å². The first-order chi connectivity index (χ1) is 18.6. The van der Waals surface area contributed by atoms with Crippen LogP contribution in [0.25, 0.3) is 11.4 Å². The topological polar surface area (TPSA) is 98.5 Å². The molecule has 198 valence electrons. The second-order valence-electron chi connectivity index (χ2n) is 9.75. The number of rotatable bonds is 4. The zero-order valence-corrected chi connectivity index (χ0v) is 23.0. The van der Waals surface area contributed by atoms with Crippen LogP contribution in [0.2, 0.25) is 10.0 Å². The largest absolute Gasteiger partial charge is 0.496 e. The Kier molecular flexibility index (Phi) is 5.64. The van der Waals surface area contributed by atoms with Gasteiger partial charge in [0.05, 0.1) is 23.4 Å². The number of carbonyl (C=O) groups excluding carboxylic acids is 2. The quantitative estimate of drug-likeness (QED) is 0.376. The first-order valence-electron chi connectivity index (χ1n) is 12.2. The van der Waals surface area contributed by atoms with Crippen LogP contribution in [-0.2, 0) is 17.4 Å². The highest BCUT2D eigenvalue weighted by atomic mass is 35.5. The number of hydrogen-bond acceptors (Lipinski definition) is 5. The van der Waals surface area contributed by atoms with Crippen LogP contribution in [0, 0.1) is 0 Å². The fraction of sp³-hybridized carbons (Fsp3) is 0.214. The van der Waals surface area contributed by atoms with E-state index in [2.05, 4.69) is 5.32 Å². The molecule has 2 aliphatic rings. The molecule has 1 unspecified atom stereocenters. The van der Waals surface area contributed by atoms with Crippen LogP contribution in [0.4, 0.5) is 11.4 Å². The van der Waals surface area contributed by atoms with Gasteiger partial charge in [0.25, 0.3) is 17.4 Å². The monoisotopic (exact) mass is 563 g/mol. The lowest BCUT2D eigenvalue weighted by atomic mass is 9.87. The van der Waals surface area contributed by atoms with Gasteiger partial charge < -0.3 is 19.2 Å². The van der Waals surface area contributed by atoms with Gasteiger partial charge in [-0.05, 0) is 44.2 Å².